The predicted octanol–water partition coefficient (Wildman–Crippen LogP) is 1.09. The van der Waals surface area contributed by atoms with Crippen LogP contribution in [0.25, 0.3) is 6.08 Å². The Balaban J connectivity index is 2.24. The van der Waals surface area contributed by atoms with Crippen molar-refractivity contribution in [2.75, 3.05) is 19.0 Å². The highest BCUT2D eigenvalue weighted by atomic mass is 32.2. The van der Waals surface area contributed by atoms with Gasteiger partial charge in [-0.3, -0.25) is 9.69 Å². The molecular weight excluding hydrogens is 320 g/mol. The molecule has 0 bridgehead atoms. The molecule has 1 heterocycles. The average molecular weight is 335 g/mol. The highest BCUT2D eigenvalue weighted by molar-refractivity contribution is 8.26. The molecule has 1 aromatic rings. The van der Waals surface area contributed by atoms with Crippen molar-refractivity contribution in [2.24, 2.45) is 0 Å². The van der Waals surface area contributed by atoms with Gasteiger partial charge < -0.3 is 14.8 Å². The summed E-state index contributed by atoms with van der Waals surface area (Å²) in [5.41, 5.74) is 1.91. The molecule has 1 saturated heterocycles. The summed E-state index contributed by atoms with van der Waals surface area (Å²) in [4.78, 5) is 26.7. The molecule has 1 aromatic carbocycles. The number of aliphatic carboxylic acids is 1. The third-order valence-corrected chi connectivity index (χ3v) is 4.59. The Morgan fingerprint density at radius 2 is 1.95 bits per heavy atom. The third kappa shape index (κ3) is 3.31. The monoisotopic (exact) mass is 335 g/mol. The van der Waals surface area contributed by atoms with Crippen molar-refractivity contribution in [1.82, 2.24) is 4.90 Å². The van der Waals surface area contributed by atoms with Crippen LogP contribution >= 0.6 is 24.0 Å². The summed E-state index contributed by atoms with van der Waals surface area (Å²) in [6.45, 7) is 1.38. The smallest absolute Gasteiger partial charge is 0.266 e. The van der Waals surface area contributed by atoms with Gasteiger partial charge in [-0.25, -0.2) is 0 Å². The number of rotatable bonds is 4. The second-order valence-corrected chi connectivity index (χ2v) is 6.71. The quantitative estimate of drug-likeness (QED) is 0.606. The van der Waals surface area contributed by atoms with Gasteiger partial charge in [0, 0.05) is 19.8 Å². The minimum atomic E-state index is -1.33. The molecule has 1 fully saturated rings. The van der Waals surface area contributed by atoms with Gasteiger partial charge in [-0.1, -0.05) is 36.1 Å². The van der Waals surface area contributed by atoms with E-state index < -0.39 is 17.9 Å². The summed E-state index contributed by atoms with van der Waals surface area (Å²) in [7, 11) is 3.89. The molecule has 0 spiro atoms. The summed E-state index contributed by atoms with van der Waals surface area (Å²) >= 11 is 6.19. The van der Waals surface area contributed by atoms with Crippen molar-refractivity contribution < 1.29 is 14.7 Å². The lowest BCUT2D eigenvalue weighted by molar-refractivity contribution is -0.309. The van der Waals surface area contributed by atoms with Crippen LogP contribution in [0.2, 0.25) is 0 Å². The second-order valence-electron chi connectivity index (χ2n) is 5.03. The topological polar surface area (TPSA) is 63.7 Å². The number of hydrogen-bond acceptors (Lipinski definition) is 6. The number of carbonyl (C=O) groups excluding carboxylic acids is 2. The van der Waals surface area contributed by atoms with E-state index in [1.54, 1.807) is 6.08 Å². The van der Waals surface area contributed by atoms with Crippen LogP contribution in [0, 0.1) is 0 Å². The van der Waals surface area contributed by atoms with Crippen LogP contribution in [0.15, 0.2) is 29.2 Å². The van der Waals surface area contributed by atoms with Crippen molar-refractivity contribution in [2.45, 2.75) is 13.0 Å². The lowest BCUT2D eigenvalue weighted by Crippen LogP contribution is -2.48. The maximum atomic E-state index is 12.3. The molecule has 0 N–H and O–H groups in total. The van der Waals surface area contributed by atoms with E-state index in [2.05, 4.69) is 0 Å². The van der Waals surface area contributed by atoms with Gasteiger partial charge >= 0.3 is 0 Å². The van der Waals surface area contributed by atoms with E-state index >= 15 is 0 Å². The average Bonchev–Trinajstić information content (AvgIpc) is 2.73. The molecule has 2 rings (SSSR count). The Hall–Kier alpha value is -1.86. The molecule has 116 valence electrons. The number of carboxylic acids is 1. The van der Waals surface area contributed by atoms with Gasteiger partial charge in [0.2, 0.25) is 0 Å². The molecule has 0 aliphatic carbocycles. The summed E-state index contributed by atoms with van der Waals surface area (Å²) in [6.07, 6.45) is 1.71. The summed E-state index contributed by atoms with van der Waals surface area (Å²) < 4.78 is 0.234. The molecule has 0 saturated carbocycles. The van der Waals surface area contributed by atoms with Crippen LogP contribution < -0.4 is 10.0 Å². The Morgan fingerprint density at radius 1 is 1.36 bits per heavy atom. The van der Waals surface area contributed by atoms with Gasteiger partial charge in [0.1, 0.15) is 4.32 Å². The van der Waals surface area contributed by atoms with Gasteiger partial charge in [0.05, 0.1) is 16.9 Å². The van der Waals surface area contributed by atoms with Crippen LogP contribution in [0.3, 0.4) is 0 Å². The Kier molecular flexibility index (Phi) is 4.87. The zero-order chi connectivity index (χ0) is 16.4. The Morgan fingerprint density at radius 3 is 2.45 bits per heavy atom. The van der Waals surface area contributed by atoms with E-state index in [1.807, 2.05) is 43.3 Å². The van der Waals surface area contributed by atoms with Crippen LogP contribution in [0.1, 0.15) is 12.5 Å². The molecular formula is C15H15N2O3S2-. The standard InChI is InChI=1S/C15H16N2O3S2/c1-9(14(19)20)17-13(18)12(22-15(17)21)8-10-4-6-11(7-5-10)16(2)3/h4-9H,1-3H3,(H,19,20)/p-1/b12-8-/t9-/m1/s1. The molecule has 7 heteroatoms. The van der Waals surface area contributed by atoms with Gasteiger partial charge in [0.25, 0.3) is 5.91 Å². The minimum Gasteiger partial charge on any atom is -0.548 e. The van der Waals surface area contributed by atoms with Gasteiger partial charge in [-0.05, 0) is 30.7 Å². The van der Waals surface area contributed by atoms with Crippen LogP contribution in [-0.4, -0.2) is 41.2 Å². The van der Waals surface area contributed by atoms with Crippen molar-refractivity contribution in [1.29, 1.82) is 0 Å². The molecule has 1 aliphatic rings. The SMILES string of the molecule is C[C@H](C(=O)[O-])N1C(=O)/C(=C/c2ccc(N(C)C)cc2)SC1=S. The molecule has 0 unspecified atom stereocenters. The first-order chi connectivity index (χ1) is 10.3. The fraction of sp³-hybridized carbons (Fsp3) is 0.267. The third-order valence-electron chi connectivity index (χ3n) is 3.26. The Labute approximate surface area is 138 Å². The zero-order valence-electron chi connectivity index (χ0n) is 12.4. The second kappa shape index (κ2) is 6.50. The fourth-order valence-corrected chi connectivity index (χ4v) is 3.36. The number of thiocarbonyl (C=S) groups is 1. The van der Waals surface area contributed by atoms with E-state index in [9.17, 15) is 14.7 Å². The molecule has 1 aliphatic heterocycles. The van der Waals surface area contributed by atoms with Gasteiger partial charge in [0.15, 0.2) is 0 Å². The van der Waals surface area contributed by atoms with Crippen LogP contribution in [0.4, 0.5) is 5.69 Å². The zero-order valence-corrected chi connectivity index (χ0v) is 14.0. The molecule has 0 aromatic heterocycles. The molecule has 5 nitrogen and oxygen atoms in total. The number of anilines is 1. The van der Waals surface area contributed by atoms with Crippen molar-refractivity contribution >= 4 is 51.9 Å². The summed E-state index contributed by atoms with van der Waals surface area (Å²) in [6, 6.07) is 6.59. The predicted molar refractivity (Wildman–Crippen MR) is 90.3 cm³/mol. The number of benzene rings is 1. The van der Waals surface area contributed by atoms with Gasteiger partial charge in [-0.15, -0.1) is 0 Å². The normalized spacial score (nSPS) is 18.0. The van der Waals surface area contributed by atoms with Gasteiger partial charge in [-0.2, -0.15) is 0 Å². The van der Waals surface area contributed by atoms with E-state index in [0.717, 1.165) is 27.9 Å². The number of amides is 1. The van der Waals surface area contributed by atoms with Crippen LogP contribution in [0.5, 0.6) is 0 Å². The van der Waals surface area contributed by atoms with Crippen LogP contribution in [-0.2, 0) is 9.59 Å². The molecule has 0 radical (unpaired) electrons. The number of carbonyl (C=O) groups is 2. The van der Waals surface area contributed by atoms with Crippen molar-refractivity contribution in [3.8, 4) is 0 Å². The number of thioether (sulfide) groups is 1. The highest BCUT2D eigenvalue weighted by Gasteiger charge is 2.35. The van der Waals surface area contributed by atoms with Crippen molar-refractivity contribution in [3.63, 3.8) is 0 Å². The Bertz CT molecular complexity index is 653. The largest absolute Gasteiger partial charge is 0.548 e. The van der Waals surface area contributed by atoms with E-state index in [0.29, 0.717) is 4.91 Å². The first-order valence-corrected chi connectivity index (χ1v) is 7.79. The number of hydrogen-bond donors (Lipinski definition) is 0. The number of nitrogens with zero attached hydrogens (tertiary/aromatic N) is 2. The van der Waals surface area contributed by atoms with Crippen molar-refractivity contribution in [3.05, 3.63) is 34.7 Å². The lowest BCUT2D eigenvalue weighted by Gasteiger charge is -2.23. The van der Waals surface area contributed by atoms with E-state index in [4.69, 9.17) is 12.2 Å². The molecule has 1 atom stereocenters. The summed E-state index contributed by atoms with van der Waals surface area (Å²) in [5, 5.41) is 10.9. The molecule has 1 amide bonds. The first-order valence-electron chi connectivity index (χ1n) is 6.56. The summed E-state index contributed by atoms with van der Waals surface area (Å²) in [5.74, 6) is -1.73. The minimum absolute atomic E-state index is 0.234. The first kappa shape index (κ1) is 16.5. The number of carboxylic acid groups (broad SMARTS) is 1. The maximum absolute atomic E-state index is 12.3. The lowest BCUT2D eigenvalue weighted by atomic mass is 10.2. The van der Waals surface area contributed by atoms with E-state index in [1.165, 1.54) is 6.92 Å². The fourth-order valence-electron chi connectivity index (χ4n) is 1.94. The van der Waals surface area contributed by atoms with E-state index in [-0.39, 0.29) is 4.32 Å². The maximum Gasteiger partial charge on any atom is 0.266 e. The molecule has 22 heavy (non-hydrogen) atoms. The highest BCUT2D eigenvalue weighted by Crippen LogP contribution is 2.34.